The molecule has 2 rings (SSSR count). The van der Waals surface area contributed by atoms with Gasteiger partial charge in [-0.15, -0.1) is 0 Å². The van der Waals surface area contributed by atoms with Crippen LogP contribution >= 0.6 is 22.6 Å². The smallest absolute Gasteiger partial charge is 0.408 e. The average molecular weight is 536 g/mol. The van der Waals surface area contributed by atoms with Crippen LogP contribution in [0.1, 0.15) is 34.5 Å². The summed E-state index contributed by atoms with van der Waals surface area (Å²) in [5.74, 6) is -0.978. The van der Waals surface area contributed by atoms with Crippen LogP contribution in [0.5, 0.6) is 0 Å². The van der Waals surface area contributed by atoms with Gasteiger partial charge < -0.3 is 20.1 Å². The SMILES string of the molecule is CNC(=O)[C@H](C)/C=C(\I)C(NC(=O)OCc1ccccc1)c1ccc(C(=O)OC)cc1. The molecule has 0 aliphatic rings. The van der Waals surface area contributed by atoms with Crippen LogP contribution in [0, 0.1) is 5.92 Å². The van der Waals surface area contributed by atoms with Gasteiger partial charge in [-0.05, 0) is 45.9 Å². The maximum atomic E-state index is 12.5. The zero-order valence-electron chi connectivity index (χ0n) is 17.6. The highest BCUT2D eigenvalue weighted by molar-refractivity contribution is 14.1. The lowest BCUT2D eigenvalue weighted by atomic mass is 10.0. The number of rotatable bonds is 8. The Hall–Kier alpha value is -2.88. The second-order valence-electron chi connectivity index (χ2n) is 6.71. The van der Waals surface area contributed by atoms with Crippen molar-refractivity contribution in [1.29, 1.82) is 0 Å². The molecule has 0 fully saturated rings. The summed E-state index contributed by atoms with van der Waals surface area (Å²) in [6.07, 6.45) is 1.18. The average Bonchev–Trinajstić information content (AvgIpc) is 2.80. The Labute approximate surface area is 195 Å². The van der Waals surface area contributed by atoms with Gasteiger partial charge in [-0.3, -0.25) is 4.79 Å². The van der Waals surface area contributed by atoms with E-state index in [4.69, 9.17) is 9.47 Å². The van der Waals surface area contributed by atoms with Gasteiger partial charge in [0.25, 0.3) is 0 Å². The molecule has 2 aromatic rings. The number of hydrogen-bond donors (Lipinski definition) is 2. The summed E-state index contributed by atoms with van der Waals surface area (Å²) in [7, 11) is 2.89. The van der Waals surface area contributed by atoms with E-state index in [1.54, 1.807) is 44.3 Å². The maximum Gasteiger partial charge on any atom is 0.408 e. The number of ether oxygens (including phenoxy) is 2. The molecule has 2 amide bonds. The summed E-state index contributed by atoms with van der Waals surface area (Å²) >= 11 is 2.09. The molecule has 7 nitrogen and oxygen atoms in total. The van der Waals surface area contributed by atoms with Crippen LogP contribution < -0.4 is 10.6 Å². The van der Waals surface area contributed by atoms with E-state index in [9.17, 15) is 14.4 Å². The minimum Gasteiger partial charge on any atom is -0.465 e. The fourth-order valence-corrected chi connectivity index (χ4v) is 3.82. The Balaban J connectivity index is 2.22. The number of hydrogen-bond acceptors (Lipinski definition) is 5. The zero-order chi connectivity index (χ0) is 22.8. The van der Waals surface area contributed by atoms with Crippen molar-refractivity contribution in [3.8, 4) is 0 Å². The molecule has 0 saturated heterocycles. The third-order valence-electron chi connectivity index (χ3n) is 4.49. The van der Waals surface area contributed by atoms with E-state index in [-0.39, 0.29) is 12.5 Å². The number of benzene rings is 2. The van der Waals surface area contributed by atoms with Gasteiger partial charge in [0.05, 0.1) is 24.6 Å². The van der Waals surface area contributed by atoms with E-state index in [1.165, 1.54) is 7.11 Å². The molecule has 8 heteroatoms. The van der Waals surface area contributed by atoms with Crippen molar-refractivity contribution >= 4 is 40.6 Å². The number of amides is 2. The summed E-state index contributed by atoms with van der Waals surface area (Å²) in [5, 5.41) is 5.45. The van der Waals surface area contributed by atoms with Gasteiger partial charge in [-0.1, -0.05) is 55.5 Å². The van der Waals surface area contributed by atoms with Crippen LogP contribution in [0.3, 0.4) is 0 Å². The van der Waals surface area contributed by atoms with Crippen LogP contribution in [0.25, 0.3) is 0 Å². The first-order chi connectivity index (χ1) is 14.8. The predicted octanol–water partition coefficient (Wildman–Crippen LogP) is 4.14. The molecule has 0 bridgehead atoms. The van der Waals surface area contributed by atoms with Gasteiger partial charge in [0.1, 0.15) is 6.61 Å². The Morgan fingerprint density at radius 1 is 1.06 bits per heavy atom. The molecule has 2 atom stereocenters. The fourth-order valence-electron chi connectivity index (χ4n) is 2.76. The summed E-state index contributed by atoms with van der Waals surface area (Å²) in [6.45, 7) is 1.90. The van der Waals surface area contributed by atoms with E-state index >= 15 is 0 Å². The van der Waals surface area contributed by atoms with Crippen molar-refractivity contribution in [3.05, 3.63) is 80.9 Å². The summed E-state index contributed by atoms with van der Waals surface area (Å²) < 4.78 is 10.8. The van der Waals surface area contributed by atoms with Gasteiger partial charge in [0.2, 0.25) is 5.91 Å². The number of nitrogens with one attached hydrogen (secondary N) is 2. The maximum absolute atomic E-state index is 12.5. The molecule has 2 N–H and O–H groups in total. The largest absolute Gasteiger partial charge is 0.465 e. The number of alkyl carbamates (subject to hydrolysis) is 1. The van der Waals surface area contributed by atoms with Crippen molar-refractivity contribution < 1.29 is 23.9 Å². The second-order valence-corrected chi connectivity index (χ2v) is 7.95. The monoisotopic (exact) mass is 536 g/mol. The normalized spacial score (nSPS) is 13.0. The van der Waals surface area contributed by atoms with Crippen LogP contribution in [0.2, 0.25) is 0 Å². The minimum absolute atomic E-state index is 0.135. The quantitative estimate of drug-likeness (QED) is 0.391. The number of halogens is 1. The van der Waals surface area contributed by atoms with Crippen molar-refractivity contribution in [2.24, 2.45) is 5.92 Å². The van der Waals surface area contributed by atoms with Gasteiger partial charge in [0.15, 0.2) is 0 Å². The summed E-state index contributed by atoms with van der Waals surface area (Å²) in [6, 6.07) is 15.5. The highest BCUT2D eigenvalue weighted by atomic mass is 127. The lowest BCUT2D eigenvalue weighted by Gasteiger charge is -2.20. The summed E-state index contributed by atoms with van der Waals surface area (Å²) in [4.78, 5) is 36.1. The highest BCUT2D eigenvalue weighted by Gasteiger charge is 2.21. The molecule has 0 heterocycles. The lowest BCUT2D eigenvalue weighted by Crippen LogP contribution is -2.30. The van der Waals surface area contributed by atoms with E-state index < -0.39 is 24.0 Å². The van der Waals surface area contributed by atoms with Crippen molar-refractivity contribution in [2.45, 2.75) is 19.6 Å². The molecular weight excluding hydrogens is 511 g/mol. The third kappa shape index (κ3) is 7.39. The Morgan fingerprint density at radius 2 is 1.71 bits per heavy atom. The molecular formula is C23H25IN2O5. The van der Waals surface area contributed by atoms with Gasteiger partial charge in [-0.2, -0.15) is 0 Å². The molecule has 0 spiro atoms. The summed E-state index contributed by atoms with van der Waals surface area (Å²) in [5.41, 5.74) is 2.00. The number of carbonyl (C=O) groups excluding carboxylic acids is 3. The second kappa shape index (κ2) is 12.1. The van der Waals surface area contributed by atoms with Crippen LogP contribution in [-0.2, 0) is 20.9 Å². The minimum atomic E-state index is -0.596. The Kier molecular flexibility index (Phi) is 9.51. The van der Waals surface area contributed by atoms with Gasteiger partial charge in [-0.25, -0.2) is 9.59 Å². The fraction of sp³-hybridized carbons (Fsp3) is 0.261. The van der Waals surface area contributed by atoms with E-state index in [1.807, 2.05) is 30.3 Å². The van der Waals surface area contributed by atoms with Crippen molar-refractivity contribution in [1.82, 2.24) is 10.6 Å². The predicted molar refractivity (Wildman–Crippen MR) is 126 cm³/mol. The van der Waals surface area contributed by atoms with E-state index in [0.29, 0.717) is 5.56 Å². The first-order valence-electron chi connectivity index (χ1n) is 9.60. The third-order valence-corrected chi connectivity index (χ3v) is 5.47. The topological polar surface area (TPSA) is 93.7 Å². The molecule has 0 aliphatic carbocycles. The first-order valence-corrected chi connectivity index (χ1v) is 10.7. The zero-order valence-corrected chi connectivity index (χ0v) is 19.7. The molecule has 0 saturated carbocycles. The highest BCUT2D eigenvalue weighted by Crippen LogP contribution is 2.29. The molecule has 31 heavy (non-hydrogen) atoms. The molecule has 1 unspecified atom stereocenters. The van der Waals surface area contributed by atoms with Crippen LogP contribution in [0.4, 0.5) is 4.79 Å². The Morgan fingerprint density at radius 3 is 2.29 bits per heavy atom. The Bertz CT molecular complexity index is 929. The first kappa shape index (κ1) is 24.4. The molecule has 0 aliphatic heterocycles. The van der Waals surface area contributed by atoms with Gasteiger partial charge >= 0.3 is 12.1 Å². The van der Waals surface area contributed by atoms with Crippen molar-refractivity contribution in [2.75, 3.05) is 14.2 Å². The molecule has 0 aromatic heterocycles. The van der Waals surface area contributed by atoms with E-state index in [0.717, 1.165) is 14.7 Å². The molecule has 2 aromatic carbocycles. The van der Waals surface area contributed by atoms with Crippen LogP contribution in [-0.4, -0.2) is 32.1 Å². The molecule has 0 radical (unpaired) electrons. The van der Waals surface area contributed by atoms with E-state index in [2.05, 4.69) is 33.2 Å². The molecule has 164 valence electrons. The standard InChI is InChI=1S/C23H25IN2O5/c1-15(21(27)25-2)13-19(24)20(17-9-11-18(12-10-17)22(28)30-3)26-23(29)31-14-16-7-5-4-6-8-16/h4-13,15,20H,14H2,1-3H3,(H,25,27)(H,26,29)/b19-13-/t15-,20?/m1/s1. The van der Waals surface area contributed by atoms with Crippen molar-refractivity contribution in [3.63, 3.8) is 0 Å². The number of carbonyl (C=O) groups is 3. The number of esters is 1. The lowest BCUT2D eigenvalue weighted by molar-refractivity contribution is -0.122. The number of methoxy groups -OCH3 is 1. The van der Waals surface area contributed by atoms with Crippen LogP contribution in [0.15, 0.2) is 64.3 Å². The van der Waals surface area contributed by atoms with Gasteiger partial charge in [0, 0.05) is 10.6 Å².